The first-order valence-corrected chi connectivity index (χ1v) is 9.35. The minimum absolute atomic E-state index is 0.0955. The predicted molar refractivity (Wildman–Crippen MR) is 105 cm³/mol. The van der Waals surface area contributed by atoms with E-state index in [-0.39, 0.29) is 22.8 Å². The maximum Gasteiger partial charge on any atom is 0.290 e. The molecule has 0 fully saturated rings. The molecule has 0 aliphatic carbocycles. The Bertz CT molecular complexity index is 1070. The minimum atomic E-state index is -0.550. The van der Waals surface area contributed by atoms with E-state index in [1.54, 1.807) is 53.4 Å². The molecule has 6 heteroatoms. The Balaban J connectivity index is 1.84. The van der Waals surface area contributed by atoms with Crippen LogP contribution in [0.25, 0.3) is 11.0 Å². The van der Waals surface area contributed by atoms with Gasteiger partial charge < -0.3 is 19.2 Å². The number of ether oxygens (including phenoxy) is 1. The average Bonchev–Trinajstić information content (AvgIpc) is 2.98. The molecule has 1 unspecified atom stereocenters. The summed E-state index contributed by atoms with van der Waals surface area (Å²) in [5, 5.41) is 10.1. The maximum atomic E-state index is 13.2. The Morgan fingerprint density at radius 3 is 2.61 bits per heavy atom. The summed E-state index contributed by atoms with van der Waals surface area (Å²) in [4.78, 5) is 28.0. The first-order chi connectivity index (χ1) is 13.6. The SMILES string of the molecule is CCOCCCN1C(=O)c2oc3ccccc3c(=O)c2C1c1ccc(O)cc1. The molecule has 1 aliphatic heterocycles. The van der Waals surface area contributed by atoms with Crippen molar-refractivity contribution in [3.8, 4) is 5.75 Å². The first-order valence-electron chi connectivity index (χ1n) is 9.35. The number of phenolic OH excluding ortho intramolecular Hbond substituents is 1. The second-order valence-corrected chi connectivity index (χ2v) is 6.71. The van der Waals surface area contributed by atoms with Gasteiger partial charge in [0.25, 0.3) is 5.91 Å². The topological polar surface area (TPSA) is 80.0 Å². The van der Waals surface area contributed by atoms with Crippen molar-refractivity contribution >= 4 is 16.9 Å². The molecule has 28 heavy (non-hydrogen) atoms. The van der Waals surface area contributed by atoms with E-state index in [2.05, 4.69) is 0 Å². The number of carbonyl (C=O) groups is 1. The number of carbonyl (C=O) groups excluding carboxylic acids is 1. The molecule has 2 heterocycles. The van der Waals surface area contributed by atoms with E-state index in [0.717, 1.165) is 5.56 Å². The number of amides is 1. The largest absolute Gasteiger partial charge is 0.508 e. The highest BCUT2D eigenvalue weighted by atomic mass is 16.5. The number of hydrogen-bond acceptors (Lipinski definition) is 5. The average molecular weight is 379 g/mol. The molecule has 0 spiro atoms. The van der Waals surface area contributed by atoms with E-state index in [9.17, 15) is 14.7 Å². The van der Waals surface area contributed by atoms with Gasteiger partial charge in [0.2, 0.25) is 5.76 Å². The number of aromatic hydroxyl groups is 1. The quantitative estimate of drug-likeness (QED) is 0.664. The lowest BCUT2D eigenvalue weighted by Gasteiger charge is -2.25. The lowest BCUT2D eigenvalue weighted by Crippen LogP contribution is -2.31. The fourth-order valence-corrected chi connectivity index (χ4v) is 3.68. The summed E-state index contributed by atoms with van der Waals surface area (Å²) in [5.41, 5.74) is 1.31. The van der Waals surface area contributed by atoms with Crippen molar-refractivity contribution in [2.75, 3.05) is 19.8 Å². The van der Waals surface area contributed by atoms with Crippen molar-refractivity contribution in [1.82, 2.24) is 4.90 Å². The number of rotatable bonds is 6. The van der Waals surface area contributed by atoms with Gasteiger partial charge in [-0.2, -0.15) is 0 Å². The molecule has 2 aromatic carbocycles. The second-order valence-electron chi connectivity index (χ2n) is 6.71. The number of benzene rings is 2. The molecule has 0 saturated carbocycles. The molecule has 1 aliphatic rings. The van der Waals surface area contributed by atoms with Gasteiger partial charge in [-0.25, -0.2) is 0 Å². The lowest BCUT2D eigenvalue weighted by molar-refractivity contribution is 0.0696. The number of hydrogen-bond donors (Lipinski definition) is 1. The van der Waals surface area contributed by atoms with Crippen LogP contribution in [-0.4, -0.2) is 35.7 Å². The van der Waals surface area contributed by atoms with Crippen LogP contribution in [0.5, 0.6) is 5.75 Å². The fourth-order valence-electron chi connectivity index (χ4n) is 3.68. The molecule has 0 bridgehead atoms. The number of fused-ring (bicyclic) bond motifs is 2. The summed E-state index contributed by atoms with van der Waals surface area (Å²) in [5.74, 6) is -0.0765. The first kappa shape index (κ1) is 18.3. The molecule has 1 atom stereocenters. The van der Waals surface area contributed by atoms with E-state index in [0.29, 0.717) is 42.7 Å². The Morgan fingerprint density at radius 1 is 1.11 bits per heavy atom. The zero-order valence-corrected chi connectivity index (χ0v) is 15.6. The van der Waals surface area contributed by atoms with Gasteiger partial charge in [0.05, 0.1) is 17.0 Å². The highest BCUT2D eigenvalue weighted by Gasteiger charge is 2.42. The minimum Gasteiger partial charge on any atom is -0.508 e. The van der Waals surface area contributed by atoms with Crippen molar-refractivity contribution < 1.29 is 19.1 Å². The molecule has 1 N–H and O–H groups in total. The molecule has 1 amide bonds. The zero-order valence-electron chi connectivity index (χ0n) is 15.6. The third-order valence-electron chi connectivity index (χ3n) is 4.97. The Morgan fingerprint density at radius 2 is 1.86 bits per heavy atom. The highest BCUT2D eigenvalue weighted by Crippen LogP contribution is 2.38. The van der Waals surface area contributed by atoms with E-state index >= 15 is 0 Å². The third kappa shape index (κ3) is 3.05. The third-order valence-corrected chi connectivity index (χ3v) is 4.97. The zero-order chi connectivity index (χ0) is 19.7. The van der Waals surface area contributed by atoms with E-state index in [1.165, 1.54) is 0 Å². The Kier molecular flexibility index (Phi) is 4.88. The van der Waals surface area contributed by atoms with Crippen molar-refractivity contribution in [3.05, 3.63) is 75.6 Å². The van der Waals surface area contributed by atoms with Crippen LogP contribution in [0.3, 0.4) is 0 Å². The number of para-hydroxylation sites is 1. The van der Waals surface area contributed by atoms with Gasteiger partial charge in [-0.1, -0.05) is 24.3 Å². The van der Waals surface area contributed by atoms with Crippen LogP contribution in [-0.2, 0) is 4.74 Å². The molecule has 6 nitrogen and oxygen atoms in total. The van der Waals surface area contributed by atoms with Gasteiger partial charge in [-0.3, -0.25) is 9.59 Å². The standard InChI is InChI=1S/C22H21NO5/c1-2-27-13-5-12-23-19(14-8-10-15(24)11-9-14)18-20(25)16-6-3-4-7-17(16)28-21(18)22(23)26/h3-4,6-11,19,24H,2,5,12-13H2,1H3. The molecule has 0 saturated heterocycles. The lowest BCUT2D eigenvalue weighted by atomic mass is 9.98. The molecule has 4 rings (SSSR count). The summed E-state index contributed by atoms with van der Waals surface area (Å²) >= 11 is 0. The molecular weight excluding hydrogens is 358 g/mol. The van der Waals surface area contributed by atoms with E-state index < -0.39 is 6.04 Å². The van der Waals surface area contributed by atoms with E-state index in [4.69, 9.17) is 9.15 Å². The van der Waals surface area contributed by atoms with Crippen molar-refractivity contribution in [1.29, 1.82) is 0 Å². The van der Waals surface area contributed by atoms with Crippen molar-refractivity contribution in [3.63, 3.8) is 0 Å². The monoisotopic (exact) mass is 379 g/mol. The Hall–Kier alpha value is -3.12. The summed E-state index contributed by atoms with van der Waals surface area (Å²) < 4.78 is 11.3. The van der Waals surface area contributed by atoms with Crippen LogP contribution >= 0.6 is 0 Å². The predicted octanol–water partition coefficient (Wildman–Crippen LogP) is 3.47. The van der Waals surface area contributed by atoms with Gasteiger partial charge in [0, 0.05) is 19.8 Å². The molecular formula is C22H21NO5. The second kappa shape index (κ2) is 7.48. The van der Waals surface area contributed by atoms with Crippen LogP contribution < -0.4 is 5.43 Å². The molecule has 1 aromatic heterocycles. The molecule has 3 aromatic rings. The smallest absolute Gasteiger partial charge is 0.290 e. The Labute approximate surface area is 162 Å². The summed E-state index contributed by atoms with van der Waals surface area (Å²) in [7, 11) is 0. The van der Waals surface area contributed by atoms with Gasteiger partial charge in [-0.15, -0.1) is 0 Å². The van der Waals surface area contributed by atoms with Crippen LogP contribution in [0, 0.1) is 0 Å². The summed E-state index contributed by atoms with van der Waals surface area (Å²) in [6.07, 6.45) is 0.649. The van der Waals surface area contributed by atoms with Crippen molar-refractivity contribution in [2.24, 2.45) is 0 Å². The van der Waals surface area contributed by atoms with Crippen LogP contribution in [0.4, 0.5) is 0 Å². The number of nitrogens with zero attached hydrogens (tertiary/aromatic N) is 1. The van der Waals surface area contributed by atoms with Gasteiger partial charge in [-0.05, 0) is 43.2 Å². The van der Waals surface area contributed by atoms with Gasteiger partial charge in [0.1, 0.15) is 11.3 Å². The van der Waals surface area contributed by atoms with Crippen LogP contribution in [0.1, 0.15) is 41.1 Å². The van der Waals surface area contributed by atoms with Crippen LogP contribution in [0.15, 0.2) is 57.7 Å². The summed E-state index contributed by atoms with van der Waals surface area (Å²) in [6.45, 7) is 3.50. The highest BCUT2D eigenvalue weighted by molar-refractivity contribution is 5.99. The number of phenols is 1. The fraction of sp³-hybridized carbons (Fsp3) is 0.273. The molecule has 0 radical (unpaired) electrons. The van der Waals surface area contributed by atoms with E-state index in [1.807, 2.05) is 6.92 Å². The van der Waals surface area contributed by atoms with Crippen molar-refractivity contribution in [2.45, 2.75) is 19.4 Å². The van der Waals surface area contributed by atoms with Gasteiger partial charge in [0.15, 0.2) is 5.43 Å². The summed E-state index contributed by atoms with van der Waals surface area (Å²) in [6, 6.07) is 13.0. The molecule has 144 valence electrons. The van der Waals surface area contributed by atoms with Gasteiger partial charge >= 0.3 is 0 Å². The van der Waals surface area contributed by atoms with Crippen LogP contribution in [0.2, 0.25) is 0 Å². The normalized spacial score (nSPS) is 16.0. The maximum absolute atomic E-state index is 13.2.